The van der Waals surface area contributed by atoms with Crippen molar-refractivity contribution in [1.29, 1.82) is 0 Å². The lowest BCUT2D eigenvalue weighted by molar-refractivity contribution is -0.277. The van der Waals surface area contributed by atoms with Crippen molar-refractivity contribution in [2.24, 2.45) is 17.8 Å². The molecule has 0 unspecified atom stereocenters. The van der Waals surface area contributed by atoms with E-state index in [1.54, 1.807) is 0 Å². The Labute approximate surface area is 242 Å². The zero-order valence-corrected chi connectivity index (χ0v) is 25.8. The highest BCUT2D eigenvalue weighted by molar-refractivity contribution is 5.48. The third-order valence-corrected chi connectivity index (χ3v) is 8.97. The van der Waals surface area contributed by atoms with Crippen LogP contribution in [-0.4, -0.2) is 63.3 Å². The molecule has 0 amide bonds. The molecule has 7 nitrogen and oxygen atoms in total. The molecule has 8 atom stereocenters. The van der Waals surface area contributed by atoms with Gasteiger partial charge in [-0.2, -0.15) is 0 Å². The summed E-state index contributed by atoms with van der Waals surface area (Å²) in [5.74, 6) is 3.79. The molecule has 2 aliphatic rings. The second kappa shape index (κ2) is 15.2. The van der Waals surface area contributed by atoms with E-state index >= 15 is 0 Å². The summed E-state index contributed by atoms with van der Waals surface area (Å²) in [6.45, 7) is 13.1. The van der Waals surface area contributed by atoms with Gasteiger partial charge in [-0.25, -0.2) is 0 Å². The molecule has 40 heavy (non-hydrogen) atoms. The number of ether oxygens (including phenoxy) is 3. The highest BCUT2D eigenvalue weighted by atomic mass is 16.7. The van der Waals surface area contributed by atoms with Crippen LogP contribution in [0.3, 0.4) is 0 Å². The monoisotopic (exact) mass is 564 g/mol. The summed E-state index contributed by atoms with van der Waals surface area (Å²) in [6, 6.07) is 3.74. The van der Waals surface area contributed by atoms with Crippen molar-refractivity contribution in [3.8, 4) is 11.5 Å². The summed E-state index contributed by atoms with van der Waals surface area (Å²) < 4.78 is 18.0. The number of hydrogen-bond donors (Lipinski definition) is 4. The van der Waals surface area contributed by atoms with Gasteiger partial charge in [-0.1, -0.05) is 72.6 Å². The number of rotatable bonds is 15. The van der Waals surface area contributed by atoms with E-state index in [1.807, 2.05) is 19.1 Å². The van der Waals surface area contributed by atoms with Crippen LogP contribution >= 0.6 is 0 Å². The van der Waals surface area contributed by atoms with Crippen molar-refractivity contribution in [3.05, 3.63) is 23.3 Å². The second-order valence-corrected chi connectivity index (χ2v) is 13.5. The molecule has 0 spiro atoms. The van der Waals surface area contributed by atoms with Gasteiger partial charge in [0.2, 0.25) is 6.29 Å². The van der Waals surface area contributed by atoms with Crippen LogP contribution in [0.15, 0.2) is 12.1 Å². The van der Waals surface area contributed by atoms with Gasteiger partial charge in [0, 0.05) is 0 Å². The van der Waals surface area contributed by atoms with Gasteiger partial charge in [0.1, 0.15) is 41.5 Å². The number of benzene rings is 1. The van der Waals surface area contributed by atoms with Crippen LogP contribution in [0.5, 0.6) is 11.5 Å². The minimum atomic E-state index is -1.47. The lowest BCUT2D eigenvalue weighted by atomic mass is 9.85. The van der Waals surface area contributed by atoms with E-state index in [-0.39, 0.29) is 5.60 Å². The molecule has 1 aromatic carbocycles. The first-order valence-corrected chi connectivity index (χ1v) is 15.7. The number of fused-ring (bicyclic) bond motifs is 1. The summed E-state index contributed by atoms with van der Waals surface area (Å²) in [5, 5.41) is 39.9. The van der Waals surface area contributed by atoms with Gasteiger partial charge in [0.05, 0.1) is 6.61 Å². The predicted molar refractivity (Wildman–Crippen MR) is 158 cm³/mol. The maximum absolute atomic E-state index is 10.3. The summed E-state index contributed by atoms with van der Waals surface area (Å²) in [7, 11) is 0. The van der Waals surface area contributed by atoms with E-state index < -0.39 is 37.3 Å². The molecule has 3 rings (SSSR count). The van der Waals surface area contributed by atoms with Crippen LogP contribution in [0.4, 0.5) is 0 Å². The van der Waals surface area contributed by atoms with Gasteiger partial charge in [0.15, 0.2) is 0 Å². The second-order valence-electron chi connectivity index (χ2n) is 13.5. The van der Waals surface area contributed by atoms with E-state index in [4.69, 9.17) is 14.2 Å². The Morgan fingerprint density at radius 1 is 0.900 bits per heavy atom. The third-order valence-electron chi connectivity index (χ3n) is 8.97. The topological polar surface area (TPSA) is 109 Å². The summed E-state index contributed by atoms with van der Waals surface area (Å²) in [5.41, 5.74) is 1.80. The van der Waals surface area contributed by atoms with Crippen molar-refractivity contribution in [3.63, 3.8) is 0 Å². The number of hydrogen-bond acceptors (Lipinski definition) is 7. The highest BCUT2D eigenvalue weighted by Gasteiger charge is 2.45. The lowest BCUT2D eigenvalue weighted by Crippen LogP contribution is -2.60. The number of aliphatic hydroxyl groups is 4. The quantitative estimate of drug-likeness (QED) is 0.217. The minimum absolute atomic E-state index is 0.192. The minimum Gasteiger partial charge on any atom is -0.487 e. The molecule has 230 valence electrons. The molecule has 0 aromatic heterocycles. The summed E-state index contributed by atoms with van der Waals surface area (Å²) in [4.78, 5) is 0. The fourth-order valence-corrected chi connectivity index (χ4v) is 6.18. The Morgan fingerprint density at radius 2 is 1.52 bits per heavy atom. The summed E-state index contributed by atoms with van der Waals surface area (Å²) >= 11 is 0. The Kier molecular flexibility index (Phi) is 12.6. The standard InChI is InChI=1S/C33H56O7/c1-21(2)10-7-11-22(3)12-8-13-23(4)14-9-16-33(6)17-15-25-19-26(18-24(5)31(25)40-33)38-32-30(37)29(36)28(35)27(20-34)39-32/h18-19,21-23,27-30,32,34-37H,7-17,20H2,1-6H3/t22-,23-,27+,28+,29-,30-,32-,33-/m0/s1. The van der Waals surface area contributed by atoms with E-state index in [0.29, 0.717) is 5.75 Å². The molecular formula is C33H56O7. The Hall–Kier alpha value is -1.38. The largest absolute Gasteiger partial charge is 0.487 e. The van der Waals surface area contributed by atoms with E-state index in [0.717, 1.165) is 60.3 Å². The van der Waals surface area contributed by atoms with Gasteiger partial charge >= 0.3 is 0 Å². The van der Waals surface area contributed by atoms with Crippen LogP contribution in [-0.2, 0) is 11.2 Å². The van der Waals surface area contributed by atoms with Gasteiger partial charge < -0.3 is 34.6 Å². The first kappa shape index (κ1) is 33.1. The van der Waals surface area contributed by atoms with Crippen LogP contribution in [0.25, 0.3) is 0 Å². The first-order chi connectivity index (χ1) is 18.9. The Balaban J connectivity index is 1.45. The zero-order valence-electron chi connectivity index (χ0n) is 25.8. The maximum Gasteiger partial charge on any atom is 0.229 e. The first-order valence-electron chi connectivity index (χ1n) is 15.7. The Bertz CT molecular complexity index is 903. The maximum atomic E-state index is 10.3. The molecule has 1 fully saturated rings. The van der Waals surface area contributed by atoms with Crippen LogP contribution in [0, 0.1) is 24.7 Å². The van der Waals surface area contributed by atoms with Crippen molar-refractivity contribution >= 4 is 0 Å². The molecular weight excluding hydrogens is 508 g/mol. The lowest BCUT2D eigenvalue weighted by Gasteiger charge is -2.40. The number of aliphatic hydroxyl groups excluding tert-OH is 4. The summed E-state index contributed by atoms with van der Waals surface area (Å²) in [6.07, 6.45) is 6.77. The van der Waals surface area contributed by atoms with E-state index in [9.17, 15) is 20.4 Å². The molecule has 0 radical (unpaired) electrons. The highest BCUT2D eigenvalue weighted by Crippen LogP contribution is 2.41. The van der Waals surface area contributed by atoms with Gasteiger partial charge in [-0.05, 0) is 80.5 Å². The zero-order chi connectivity index (χ0) is 29.4. The molecule has 2 aliphatic heterocycles. The van der Waals surface area contributed by atoms with Gasteiger partial charge in [-0.15, -0.1) is 0 Å². The van der Waals surface area contributed by atoms with E-state index in [1.165, 1.54) is 44.9 Å². The molecule has 0 saturated carbocycles. The van der Waals surface area contributed by atoms with Gasteiger partial charge in [-0.3, -0.25) is 0 Å². The molecule has 2 heterocycles. The normalized spacial score (nSPS) is 30.0. The predicted octanol–water partition coefficient (Wildman–Crippen LogP) is 5.70. The van der Waals surface area contributed by atoms with Gasteiger partial charge in [0.25, 0.3) is 0 Å². The smallest absolute Gasteiger partial charge is 0.229 e. The van der Waals surface area contributed by atoms with Crippen LogP contribution < -0.4 is 9.47 Å². The molecule has 0 bridgehead atoms. The van der Waals surface area contributed by atoms with Crippen LogP contribution in [0.1, 0.15) is 110 Å². The number of aryl methyl sites for hydroxylation is 2. The van der Waals surface area contributed by atoms with Crippen molar-refractivity contribution in [1.82, 2.24) is 0 Å². The molecule has 1 saturated heterocycles. The van der Waals surface area contributed by atoms with Crippen molar-refractivity contribution in [2.75, 3.05) is 6.61 Å². The molecule has 1 aromatic rings. The molecule has 0 aliphatic carbocycles. The van der Waals surface area contributed by atoms with Crippen LogP contribution in [0.2, 0.25) is 0 Å². The SMILES string of the molecule is Cc1cc(O[C@H]2O[C@H](CO)[C@@H](O)[C@H](O)[C@@H]2O)cc2c1O[C@@](C)(CCC[C@@H](C)CCC[C@@H](C)CCCC(C)C)CC2. The molecule has 4 N–H and O–H groups in total. The van der Waals surface area contributed by atoms with E-state index in [2.05, 4.69) is 34.6 Å². The fourth-order valence-electron chi connectivity index (χ4n) is 6.18. The van der Waals surface area contributed by atoms with Crippen molar-refractivity contribution < 1.29 is 34.6 Å². The molecule has 7 heteroatoms. The fraction of sp³-hybridized carbons (Fsp3) is 0.818. The average Bonchev–Trinajstić information content (AvgIpc) is 2.89. The van der Waals surface area contributed by atoms with Crippen molar-refractivity contribution in [2.45, 2.75) is 148 Å². The Morgan fingerprint density at radius 3 is 2.15 bits per heavy atom. The third kappa shape index (κ3) is 9.32. The average molecular weight is 565 g/mol.